The van der Waals surface area contributed by atoms with Crippen LogP contribution < -0.4 is 0 Å². The predicted octanol–water partition coefficient (Wildman–Crippen LogP) is 2.97. The van der Waals surface area contributed by atoms with Crippen LogP contribution in [0.4, 0.5) is 0 Å². The molecular weight excluding hydrogens is 274 g/mol. The molecule has 0 aromatic heterocycles. The van der Waals surface area contributed by atoms with E-state index in [1.807, 2.05) is 0 Å². The summed E-state index contributed by atoms with van der Waals surface area (Å²) in [6.07, 6.45) is 4.48. The van der Waals surface area contributed by atoms with Crippen molar-refractivity contribution in [1.29, 1.82) is 0 Å². The first-order valence-electron chi connectivity index (χ1n) is 3.47. The summed E-state index contributed by atoms with van der Waals surface area (Å²) in [4.78, 5) is 0. The van der Waals surface area contributed by atoms with E-state index in [0.717, 1.165) is 18.6 Å². The molecule has 0 aromatic carbocycles. The van der Waals surface area contributed by atoms with Gasteiger partial charge in [-0.05, 0) is 0 Å². The first-order valence-corrected chi connectivity index (χ1v) is 4.70. The zero-order valence-corrected chi connectivity index (χ0v) is 11.3. The number of halogens is 2. The standard InChI is InChI=1S/C8H11O.2ClH.Zr/c1-3-7-5-4-6-8(7)9-2;;;/h5H,3-4H2,1-2H3;2*1H;. The Balaban J connectivity index is 0. The molecule has 1 nitrogen and oxygen atoms in total. The van der Waals surface area contributed by atoms with Crippen LogP contribution in [-0.4, -0.2) is 7.11 Å². The van der Waals surface area contributed by atoms with E-state index in [1.54, 1.807) is 7.11 Å². The van der Waals surface area contributed by atoms with Gasteiger partial charge in [0.05, 0.1) is 0 Å². The molecule has 0 bridgehead atoms. The summed E-state index contributed by atoms with van der Waals surface area (Å²) in [7, 11) is 1.76. The molecule has 1 aliphatic rings. The molecule has 0 radical (unpaired) electrons. The number of allylic oxidation sites excluding steroid dienone is 3. The molecule has 0 N–H and O–H groups in total. The minimum atomic E-state index is 0. The maximum absolute atomic E-state index is 5.26. The molecule has 1 rings (SSSR count). The van der Waals surface area contributed by atoms with Gasteiger partial charge in [0, 0.05) is 0 Å². The van der Waals surface area contributed by atoms with Gasteiger partial charge in [0.2, 0.25) is 0 Å². The van der Waals surface area contributed by atoms with Crippen LogP contribution in [0.1, 0.15) is 19.8 Å². The van der Waals surface area contributed by atoms with E-state index < -0.39 is 0 Å². The Morgan fingerprint density at radius 3 is 2.42 bits per heavy atom. The van der Waals surface area contributed by atoms with Crippen molar-refractivity contribution in [2.24, 2.45) is 0 Å². The van der Waals surface area contributed by atoms with Crippen molar-refractivity contribution >= 4 is 24.8 Å². The Labute approximate surface area is 101 Å². The molecule has 0 saturated heterocycles. The maximum atomic E-state index is 5.26. The van der Waals surface area contributed by atoms with Crippen molar-refractivity contribution in [1.82, 2.24) is 0 Å². The first-order chi connectivity index (χ1) is 4.79. The zero-order chi connectivity index (χ0) is 7.56. The van der Waals surface area contributed by atoms with Gasteiger partial charge in [-0.25, -0.2) is 0 Å². The summed E-state index contributed by atoms with van der Waals surface area (Å²) in [6.45, 7) is 2.17. The Morgan fingerprint density at radius 1 is 1.50 bits per heavy atom. The second-order valence-corrected chi connectivity index (χ2v) is 3.78. The molecule has 0 atom stereocenters. The van der Waals surface area contributed by atoms with Gasteiger partial charge in [0.1, 0.15) is 0 Å². The van der Waals surface area contributed by atoms with Crippen molar-refractivity contribution in [3.8, 4) is 0 Å². The van der Waals surface area contributed by atoms with E-state index in [0.29, 0.717) is 0 Å². The van der Waals surface area contributed by atoms with E-state index in [1.165, 1.54) is 33.6 Å². The Morgan fingerprint density at radius 2 is 2.08 bits per heavy atom. The average molecular weight is 287 g/mol. The largest absolute Gasteiger partial charge is 0.147 e. The van der Waals surface area contributed by atoms with Crippen LogP contribution in [-0.2, 0) is 29.5 Å². The Kier molecular flexibility index (Phi) is 9.10. The molecule has 0 amide bonds. The fourth-order valence-electron chi connectivity index (χ4n) is 1.16. The Bertz CT molecular complexity index is 199. The van der Waals surface area contributed by atoms with E-state index in [2.05, 4.69) is 13.0 Å². The average Bonchev–Trinajstić information content (AvgIpc) is 2.30. The fourth-order valence-corrected chi connectivity index (χ4v) is 2.06. The minimum absolute atomic E-state index is 0. The quantitative estimate of drug-likeness (QED) is 0.758. The third-order valence-corrected chi connectivity index (χ3v) is 2.76. The molecule has 0 saturated carbocycles. The topological polar surface area (TPSA) is 9.23 Å². The maximum Gasteiger partial charge on any atom is -0.147 e. The van der Waals surface area contributed by atoms with Crippen molar-refractivity contribution in [2.75, 3.05) is 7.11 Å². The molecule has 0 heterocycles. The second kappa shape index (κ2) is 7.18. The fraction of sp³-hybridized carbons (Fsp3) is 0.500. The minimum Gasteiger partial charge on any atom is -0.147 e. The molecule has 0 unspecified atom stereocenters. The summed E-state index contributed by atoms with van der Waals surface area (Å²) in [5, 5.41) is 0. The molecule has 4 heteroatoms. The van der Waals surface area contributed by atoms with Crippen LogP contribution in [0.15, 0.2) is 20.7 Å². The summed E-state index contributed by atoms with van der Waals surface area (Å²) < 4.78 is 6.71. The second-order valence-electron chi connectivity index (χ2n) is 2.30. The van der Waals surface area contributed by atoms with Gasteiger partial charge < -0.3 is 0 Å². The molecule has 0 aromatic rings. The predicted molar refractivity (Wildman–Crippen MR) is 51.5 cm³/mol. The Hall–Kier alpha value is 0.743. The summed E-state index contributed by atoms with van der Waals surface area (Å²) in [5.41, 5.74) is 1.38. The molecule has 69 valence electrons. The molecule has 0 spiro atoms. The van der Waals surface area contributed by atoms with Crippen LogP contribution in [0.25, 0.3) is 0 Å². The van der Waals surface area contributed by atoms with E-state index in [4.69, 9.17) is 4.74 Å². The third-order valence-electron chi connectivity index (χ3n) is 1.70. The van der Waals surface area contributed by atoms with Gasteiger partial charge in [0.25, 0.3) is 0 Å². The van der Waals surface area contributed by atoms with Crippen LogP contribution in [0.3, 0.4) is 0 Å². The zero-order valence-electron chi connectivity index (χ0n) is 7.22. The van der Waals surface area contributed by atoms with Crippen molar-refractivity contribution in [3.63, 3.8) is 0 Å². The smallest absolute Gasteiger partial charge is 0.147 e. The monoisotopic (exact) mass is 285 g/mol. The molecule has 12 heavy (non-hydrogen) atoms. The van der Waals surface area contributed by atoms with E-state index in [9.17, 15) is 0 Å². The van der Waals surface area contributed by atoms with Crippen LogP contribution >= 0.6 is 24.8 Å². The number of ether oxygens (including phenoxy) is 1. The van der Waals surface area contributed by atoms with Crippen LogP contribution in [0, 0.1) is 0 Å². The number of hydrogen-bond donors (Lipinski definition) is 0. The SMILES string of the molecule is CCC1=CC[C]([Zr])=C1OC.Cl.Cl. The van der Waals surface area contributed by atoms with Crippen molar-refractivity contribution in [2.45, 2.75) is 19.8 Å². The van der Waals surface area contributed by atoms with Gasteiger partial charge in [-0.15, -0.1) is 24.8 Å². The van der Waals surface area contributed by atoms with Crippen LogP contribution in [0.5, 0.6) is 0 Å². The van der Waals surface area contributed by atoms with E-state index in [-0.39, 0.29) is 24.8 Å². The normalized spacial score (nSPS) is 14.6. The van der Waals surface area contributed by atoms with Crippen LogP contribution in [0.2, 0.25) is 0 Å². The van der Waals surface area contributed by atoms with Gasteiger partial charge in [-0.3, -0.25) is 0 Å². The molecule has 0 fully saturated rings. The van der Waals surface area contributed by atoms with Gasteiger partial charge in [-0.2, -0.15) is 0 Å². The summed E-state index contributed by atoms with van der Waals surface area (Å²) in [5.74, 6) is 1.15. The number of rotatable bonds is 2. The van der Waals surface area contributed by atoms with E-state index >= 15 is 0 Å². The van der Waals surface area contributed by atoms with Gasteiger partial charge in [-0.1, -0.05) is 0 Å². The van der Waals surface area contributed by atoms with Gasteiger partial charge >= 0.3 is 77.0 Å². The van der Waals surface area contributed by atoms with Crippen molar-refractivity contribution < 1.29 is 29.5 Å². The summed E-state index contributed by atoms with van der Waals surface area (Å²) in [6, 6.07) is 0. The first kappa shape index (κ1) is 15.2. The molecule has 1 aliphatic carbocycles. The van der Waals surface area contributed by atoms with Gasteiger partial charge in [0.15, 0.2) is 0 Å². The molecular formula is C8H13Cl2OZr. The third kappa shape index (κ3) is 3.24. The number of hydrogen-bond acceptors (Lipinski definition) is 1. The molecule has 0 aliphatic heterocycles. The summed E-state index contributed by atoms with van der Waals surface area (Å²) >= 11 is 1.49. The number of methoxy groups -OCH3 is 1. The van der Waals surface area contributed by atoms with Crippen molar-refractivity contribution in [3.05, 3.63) is 20.7 Å².